The standard InChI is InChI=1S/C13H26N4/c1-6-17-9-12(8-15-17)7-14-13(11(2)3)10-16(4)5/h8-9,11,13-14H,6-7,10H2,1-5H3. The first-order chi connectivity index (χ1) is 8.02. The first-order valence-corrected chi connectivity index (χ1v) is 6.42. The fourth-order valence-electron chi connectivity index (χ4n) is 1.82. The van der Waals surface area contributed by atoms with Crippen molar-refractivity contribution >= 4 is 0 Å². The third kappa shape index (κ3) is 4.88. The van der Waals surface area contributed by atoms with Crippen molar-refractivity contribution < 1.29 is 0 Å². The fourth-order valence-corrected chi connectivity index (χ4v) is 1.82. The predicted molar refractivity (Wildman–Crippen MR) is 71.9 cm³/mol. The van der Waals surface area contributed by atoms with Gasteiger partial charge in [-0.05, 0) is 26.9 Å². The van der Waals surface area contributed by atoms with Gasteiger partial charge < -0.3 is 10.2 Å². The minimum Gasteiger partial charge on any atom is -0.308 e. The lowest BCUT2D eigenvalue weighted by Crippen LogP contribution is -2.41. The molecule has 1 atom stereocenters. The van der Waals surface area contributed by atoms with Gasteiger partial charge in [0.05, 0.1) is 6.20 Å². The maximum absolute atomic E-state index is 4.28. The van der Waals surface area contributed by atoms with Crippen molar-refractivity contribution in [3.05, 3.63) is 18.0 Å². The Balaban J connectivity index is 2.45. The summed E-state index contributed by atoms with van der Waals surface area (Å²) in [6, 6.07) is 0.523. The number of rotatable bonds is 7. The van der Waals surface area contributed by atoms with Crippen LogP contribution in [0.3, 0.4) is 0 Å². The Morgan fingerprint density at radius 2 is 2.12 bits per heavy atom. The highest BCUT2D eigenvalue weighted by Crippen LogP contribution is 2.05. The smallest absolute Gasteiger partial charge is 0.0534 e. The molecule has 4 heteroatoms. The van der Waals surface area contributed by atoms with Crippen molar-refractivity contribution in [2.24, 2.45) is 5.92 Å². The molecule has 1 rings (SSSR count). The molecule has 0 aliphatic heterocycles. The molecule has 0 saturated carbocycles. The van der Waals surface area contributed by atoms with Crippen molar-refractivity contribution in [3.8, 4) is 0 Å². The van der Waals surface area contributed by atoms with Crippen LogP contribution in [-0.2, 0) is 13.1 Å². The van der Waals surface area contributed by atoms with Crippen LogP contribution in [0.25, 0.3) is 0 Å². The Morgan fingerprint density at radius 1 is 1.41 bits per heavy atom. The molecule has 1 unspecified atom stereocenters. The molecule has 98 valence electrons. The lowest BCUT2D eigenvalue weighted by atomic mass is 10.0. The number of nitrogens with zero attached hydrogens (tertiary/aromatic N) is 3. The number of hydrogen-bond donors (Lipinski definition) is 1. The second kappa shape index (κ2) is 6.77. The normalized spacial score (nSPS) is 13.6. The Labute approximate surface area is 105 Å². The van der Waals surface area contributed by atoms with Gasteiger partial charge in [0.2, 0.25) is 0 Å². The zero-order valence-electron chi connectivity index (χ0n) is 11.8. The second-order valence-electron chi connectivity index (χ2n) is 5.20. The molecule has 1 aromatic rings. The fraction of sp³-hybridized carbons (Fsp3) is 0.769. The summed E-state index contributed by atoms with van der Waals surface area (Å²) in [6.45, 7) is 9.53. The molecule has 1 heterocycles. The van der Waals surface area contributed by atoms with Crippen LogP contribution in [0, 0.1) is 5.92 Å². The molecular formula is C13H26N4. The summed E-state index contributed by atoms with van der Waals surface area (Å²) in [5.41, 5.74) is 1.26. The van der Waals surface area contributed by atoms with Gasteiger partial charge in [-0.15, -0.1) is 0 Å². The van der Waals surface area contributed by atoms with Crippen LogP contribution in [-0.4, -0.2) is 41.4 Å². The molecule has 1 N–H and O–H groups in total. The SMILES string of the molecule is CCn1cc(CNC(CN(C)C)C(C)C)cn1. The zero-order chi connectivity index (χ0) is 12.8. The minimum absolute atomic E-state index is 0.523. The van der Waals surface area contributed by atoms with Gasteiger partial charge in [0, 0.05) is 37.4 Å². The molecule has 0 amide bonds. The van der Waals surface area contributed by atoms with Crippen LogP contribution in [0.15, 0.2) is 12.4 Å². The number of nitrogens with one attached hydrogen (secondary N) is 1. The molecule has 0 spiro atoms. The van der Waals surface area contributed by atoms with Gasteiger partial charge >= 0.3 is 0 Å². The van der Waals surface area contributed by atoms with E-state index in [1.165, 1.54) is 5.56 Å². The van der Waals surface area contributed by atoms with E-state index in [1.807, 2.05) is 10.9 Å². The third-order valence-corrected chi connectivity index (χ3v) is 2.95. The maximum Gasteiger partial charge on any atom is 0.0534 e. The summed E-state index contributed by atoms with van der Waals surface area (Å²) in [6.07, 6.45) is 4.06. The lowest BCUT2D eigenvalue weighted by Gasteiger charge is -2.25. The van der Waals surface area contributed by atoms with E-state index in [1.54, 1.807) is 0 Å². The molecule has 1 aromatic heterocycles. The van der Waals surface area contributed by atoms with Crippen LogP contribution in [0.1, 0.15) is 26.3 Å². The molecular weight excluding hydrogens is 212 g/mol. The van der Waals surface area contributed by atoms with Gasteiger partial charge in [-0.3, -0.25) is 4.68 Å². The average molecular weight is 238 g/mol. The summed E-state index contributed by atoms with van der Waals surface area (Å²) < 4.78 is 1.97. The Hall–Kier alpha value is -0.870. The summed E-state index contributed by atoms with van der Waals surface area (Å²) >= 11 is 0. The van der Waals surface area contributed by atoms with Gasteiger partial charge in [-0.1, -0.05) is 13.8 Å². The van der Waals surface area contributed by atoms with E-state index in [2.05, 4.69) is 56.4 Å². The van der Waals surface area contributed by atoms with Gasteiger partial charge in [-0.25, -0.2) is 0 Å². The van der Waals surface area contributed by atoms with Crippen LogP contribution in [0.4, 0.5) is 0 Å². The number of aryl methyl sites for hydroxylation is 1. The quantitative estimate of drug-likeness (QED) is 0.783. The van der Waals surface area contributed by atoms with Gasteiger partial charge in [0.15, 0.2) is 0 Å². The van der Waals surface area contributed by atoms with Crippen molar-refractivity contribution in [2.75, 3.05) is 20.6 Å². The van der Waals surface area contributed by atoms with Crippen molar-refractivity contribution in [1.82, 2.24) is 20.0 Å². The second-order valence-corrected chi connectivity index (χ2v) is 5.20. The van der Waals surface area contributed by atoms with E-state index in [0.717, 1.165) is 19.6 Å². The van der Waals surface area contributed by atoms with E-state index in [9.17, 15) is 0 Å². The van der Waals surface area contributed by atoms with E-state index < -0.39 is 0 Å². The molecule has 0 fully saturated rings. The first-order valence-electron chi connectivity index (χ1n) is 6.42. The Kier molecular flexibility index (Phi) is 5.65. The maximum atomic E-state index is 4.28. The zero-order valence-corrected chi connectivity index (χ0v) is 11.8. The molecule has 0 aliphatic carbocycles. The van der Waals surface area contributed by atoms with Crippen molar-refractivity contribution in [1.29, 1.82) is 0 Å². The average Bonchev–Trinajstić information content (AvgIpc) is 2.71. The summed E-state index contributed by atoms with van der Waals surface area (Å²) in [5.74, 6) is 0.638. The lowest BCUT2D eigenvalue weighted by molar-refractivity contribution is 0.288. The van der Waals surface area contributed by atoms with E-state index >= 15 is 0 Å². The number of likely N-dealkylation sites (N-methyl/N-ethyl adjacent to an activating group) is 1. The highest BCUT2D eigenvalue weighted by molar-refractivity contribution is 5.03. The van der Waals surface area contributed by atoms with E-state index in [-0.39, 0.29) is 0 Å². The van der Waals surface area contributed by atoms with E-state index in [4.69, 9.17) is 0 Å². The molecule has 0 bridgehead atoms. The number of aromatic nitrogens is 2. The molecule has 17 heavy (non-hydrogen) atoms. The van der Waals surface area contributed by atoms with Crippen molar-refractivity contribution in [2.45, 2.75) is 39.9 Å². The monoisotopic (exact) mass is 238 g/mol. The third-order valence-electron chi connectivity index (χ3n) is 2.95. The molecule has 0 radical (unpaired) electrons. The topological polar surface area (TPSA) is 33.1 Å². The summed E-state index contributed by atoms with van der Waals surface area (Å²) in [4.78, 5) is 2.23. The highest BCUT2D eigenvalue weighted by atomic mass is 15.3. The first kappa shape index (κ1) is 14.2. The van der Waals surface area contributed by atoms with Gasteiger partial charge in [0.1, 0.15) is 0 Å². The minimum atomic E-state index is 0.523. The van der Waals surface area contributed by atoms with Crippen LogP contribution < -0.4 is 5.32 Å². The van der Waals surface area contributed by atoms with Gasteiger partial charge in [-0.2, -0.15) is 5.10 Å². The molecule has 4 nitrogen and oxygen atoms in total. The highest BCUT2D eigenvalue weighted by Gasteiger charge is 2.13. The van der Waals surface area contributed by atoms with Crippen LogP contribution in [0.2, 0.25) is 0 Å². The molecule has 0 aliphatic rings. The van der Waals surface area contributed by atoms with Crippen molar-refractivity contribution in [3.63, 3.8) is 0 Å². The molecule has 0 saturated heterocycles. The van der Waals surface area contributed by atoms with E-state index in [0.29, 0.717) is 12.0 Å². The largest absolute Gasteiger partial charge is 0.308 e. The van der Waals surface area contributed by atoms with Gasteiger partial charge in [0.25, 0.3) is 0 Å². The van der Waals surface area contributed by atoms with Crippen LogP contribution >= 0.6 is 0 Å². The predicted octanol–water partition coefficient (Wildman–Crippen LogP) is 1.58. The Morgan fingerprint density at radius 3 is 2.59 bits per heavy atom. The van der Waals surface area contributed by atoms with Crippen LogP contribution in [0.5, 0.6) is 0 Å². The Bertz CT molecular complexity index is 317. The number of hydrogen-bond acceptors (Lipinski definition) is 3. The summed E-state index contributed by atoms with van der Waals surface area (Å²) in [7, 11) is 4.23. The summed E-state index contributed by atoms with van der Waals surface area (Å²) in [5, 5.41) is 7.89. The molecule has 0 aromatic carbocycles.